The molecule has 76 valence electrons. The van der Waals surface area contributed by atoms with Gasteiger partial charge in [0, 0.05) is 25.0 Å². The van der Waals surface area contributed by atoms with Crippen LogP contribution in [-0.4, -0.2) is 31.6 Å². The zero-order chi connectivity index (χ0) is 9.68. The Kier molecular flexibility index (Phi) is 4.42. The average molecular weight is 203 g/mol. The fraction of sp³-hybridized carbons (Fsp3) is 0.889. The van der Waals surface area contributed by atoms with Crippen LogP contribution in [-0.2, 0) is 20.2 Å². The van der Waals surface area contributed by atoms with Gasteiger partial charge in [0.1, 0.15) is 0 Å². The van der Waals surface area contributed by atoms with E-state index in [-0.39, 0.29) is 16.7 Å². The van der Waals surface area contributed by atoms with E-state index in [9.17, 15) is 4.79 Å². The molecule has 1 heterocycles. The predicted molar refractivity (Wildman–Crippen MR) is 54.8 cm³/mol. The molecule has 13 heavy (non-hydrogen) atoms. The smallest absolute Gasteiger partial charge is 0.305 e. The fourth-order valence-electron chi connectivity index (χ4n) is 1.56. The molecular weight excluding hydrogens is 186 g/mol. The summed E-state index contributed by atoms with van der Waals surface area (Å²) in [6.07, 6.45) is 2.86. The summed E-state index contributed by atoms with van der Waals surface area (Å²) < 4.78 is 8.94. The lowest BCUT2D eigenvalue weighted by molar-refractivity contribution is -0.141. The van der Waals surface area contributed by atoms with Crippen LogP contribution in [0.1, 0.15) is 19.3 Å². The zero-order valence-electron chi connectivity index (χ0n) is 8.28. The van der Waals surface area contributed by atoms with Crippen LogP contribution in [0.25, 0.3) is 0 Å². The summed E-state index contributed by atoms with van der Waals surface area (Å²) >= 11 is 0. The SMILES string of the molecule is CN=S1CCC(CC(=O)OC)CC1. The maximum atomic E-state index is 11.0. The number of nitrogens with zero attached hydrogens (tertiary/aromatic N) is 1. The first-order chi connectivity index (χ1) is 6.26. The second kappa shape index (κ2) is 5.37. The topological polar surface area (TPSA) is 38.7 Å². The van der Waals surface area contributed by atoms with Gasteiger partial charge in [0.15, 0.2) is 0 Å². The van der Waals surface area contributed by atoms with Crippen LogP contribution >= 0.6 is 0 Å². The molecule has 0 aliphatic carbocycles. The highest BCUT2D eigenvalue weighted by atomic mass is 32.2. The van der Waals surface area contributed by atoms with Crippen LogP contribution in [0.2, 0.25) is 0 Å². The largest absolute Gasteiger partial charge is 0.469 e. The van der Waals surface area contributed by atoms with Crippen LogP contribution in [0.15, 0.2) is 4.36 Å². The van der Waals surface area contributed by atoms with Crippen molar-refractivity contribution in [2.24, 2.45) is 10.3 Å². The number of carbonyl (C=O) groups excluding carboxylic acids is 1. The third-order valence-corrected chi connectivity index (χ3v) is 4.39. The third kappa shape index (κ3) is 3.46. The molecule has 3 nitrogen and oxygen atoms in total. The van der Waals surface area contributed by atoms with Crippen LogP contribution in [0.5, 0.6) is 0 Å². The summed E-state index contributed by atoms with van der Waals surface area (Å²) in [5.74, 6) is 2.80. The summed E-state index contributed by atoms with van der Waals surface area (Å²) in [5.41, 5.74) is 0. The molecule has 0 spiro atoms. The first-order valence-corrected chi connectivity index (χ1v) is 6.12. The molecule has 1 rings (SSSR count). The van der Waals surface area contributed by atoms with E-state index >= 15 is 0 Å². The number of hydrogen-bond donors (Lipinski definition) is 0. The van der Waals surface area contributed by atoms with Crippen molar-refractivity contribution < 1.29 is 9.53 Å². The number of carbonyl (C=O) groups is 1. The second-order valence-corrected chi connectivity index (χ2v) is 5.38. The van der Waals surface area contributed by atoms with Crippen molar-refractivity contribution >= 4 is 16.7 Å². The minimum Gasteiger partial charge on any atom is -0.469 e. The summed E-state index contributed by atoms with van der Waals surface area (Å²) in [6.45, 7) is 0. The average Bonchev–Trinajstić information content (AvgIpc) is 2.19. The standard InChI is InChI=1S/C9H17NO2S/c1-10-13-5-3-8(4-6-13)7-9(11)12-2/h8H,3-7H2,1-2H3. The van der Waals surface area contributed by atoms with Gasteiger partial charge in [-0.25, -0.2) is 0 Å². The van der Waals surface area contributed by atoms with Gasteiger partial charge in [0.2, 0.25) is 0 Å². The van der Waals surface area contributed by atoms with Gasteiger partial charge >= 0.3 is 5.97 Å². The highest BCUT2D eigenvalue weighted by Gasteiger charge is 2.19. The molecular formula is C9H17NO2S. The van der Waals surface area contributed by atoms with Gasteiger partial charge in [0.25, 0.3) is 0 Å². The van der Waals surface area contributed by atoms with Crippen molar-refractivity contribution in [1.29, 1.82) is 0 Å². The molecule has 1 fully saturated rings. The van der Waals surface area contributed by atoms with Gasteiger partial charge < -0.3 is 4.74 Å². The molecule has 0 radical (unpaired) electrons. The zero-order valence-corrected chi connectivity index (χ0v) is 9.10. The molecule has 4 heteroatoms. The number of rotatable bonds is 2. The Balaban J connectivity index is 2.29. The maximum Gasteiger partial charge on any atom is 0.305 e. The molecule has 0 N–H and O–H groups in total. The second-order valence-electron chi connectivity index (χ2n) is 3.28. The lowest BCUT2D eigenvalue weighted by Crippen LogP contribution is -2.21. The normalized spacial score (nSPS) is 28.2. The number of ether oxygens (including phenoxy) is 1. The first kappa shape index (κ1) is 10.7. The lowest BCUT2D eigenvalue weighted by Gasteiger charge is -2.22. The summed E-state index contributed by atoms with van der Waals surface area (Å²) in [6, 6.07) is 0. The van der Waals surface area contributed by atoms with E-state index in [1.807, 2.05) is 7.05 Å². The summed E-state index contributed by atoms with van der Waals surface area (Å²) in [5, 5.41) is 0. The van der Waals surface area contributed by atoms with E-state index in [4.69, 9.17) is 0 Å². The van der Waals surface area contributed by atoms with Gasteiger partial charge in [-0.3, -0.25) is 9.16 Å². The number of methoxy groups -OCH3 is 1. The van der Waals surface area contributed by atoms with Crippen molar-refractivity contribution in [2.45, 2.75) is 19.3 Å². The van der Waals surface area contributed by atoms with E-state index in [1.165, 1.54) is 7.11 Å². The van der Waals surface area contributed by atoms with Crippen molar-refractivity contribution in [1.82, 2.24) is 0 Å². The van der Waals surface area contributed by atoms with Crippen LogP contribution in [0.3, 0.4) is 0 Å². The van der Waals surface area contributed by atoms with E-state index < -0.39 is 0 Å². The first-order valence-electron chi connectivity index (χ1n) is 4.60. The molecule has 0 atom stereocenters. The van der Waals surface area contributed by atoms with Crippen molar-refractivity contribution in [3.8, 4) is 0 Å². The van der Waals surface area contributed by atoms with E-state index in [0.717, 1.165) is 24.3 Å². The number of esters is 1. The Hall–Kier alpha value is -0.380. The van der Waals surface area contributed by atoms with Crippen LogP contribution in [0.4, 0.5) is 0 Å². The van der Waals surface area contributed by atoms with Crippen molar-refractivity contribution in [3.63, 3.8) is 0 Å². The lowest BCUT2D eigenvalue weighted by atomic mass is 9.99. The van der Waals surface area contributed by atoms with Crippen LogP contribution in [0, 0.1) is 5.92 Å². The number of hydrogen-bond acceptors (Lipinski definition) is 3. The Bertz CT molecular complexity index is 206. The fourth-order valence-corrected chi connectivity index (χ4v) is 3.34. The van der Waals surface area contributed by atoms with Gasteiger partial charge in [-0.1, -0.05) is 0 Å². The molecule has 1 aliphatic rings. The third-order valence-electron chi connectivity index (χ3n) is 2.46. The molecule has 0 unspecified atom stereocenters. The Morgan fingerprint density at radius 2 is 2.15 bits per heavy atom. The molecule has 0 amide bonds. The van der Waals surface area contributed by atoms with Crippen LogP contribution < -0.4 is 0 Å². The monoisotopic (exact) mass is 203 g/mol. The van der Waals surface area contributed by atoms with Crippen molar-refractivity contribution in [2.75, 3.05) is 25.7 Å². The Morgan fingerprint density at radius 3 is 2.62 bits per heavy atom. The minimum atomic E-state index is -0.0692. The summed E-state index contributed by atoms with van der Waals surface area (Å²) in [7, 11) is 3.63. The van der Waals surface area contributed by atoms with Gasteiger partial charge in [-0.2, -0.15) is 0 Å². The highest BCUT2D eigenvalue weighted by Crippen LogP contribution is 2.21. The van der Waals surface area contributed by atoms with E-state index in [2.05, 4.69) is 9.10 Å². The summed E-state index contributed by atoms with van der Waals surface area (Å²) in [4.78, 5) is 11.0. The quantitative estimate of drug-likeness (QED) is 0.636. The van der Waals surface area contributed by atoms with Gasteiger partial charge in [-0.05, 0) is 18.8 Å². The molecule has 0 aromatic heterocycles. The van der Waals surface area contributed by atoms with E-state index in [0.29, 0.717) is 12.3 Å². The molecule has 1 saturated heterocycles. The Labute approximate surface area is 82.0 Å². The highest BCUT2D eigenvalue weighted by molar-refractivity contribution is 7.87. The molecule has 0 saturated carbocycles. The molecule has 0 aromatic rings. The van der Waals surface area contributed by atoms with Gasteiger partial charge in [0.05, 0.1) is 7.11 Å². The molecule has 1 aliphatic heterocycles. The maximum absolute atomic E-state index is 11.0. The molecule has 0 aromatic carbocycles. The predicted octanol–water partition coefficient (Wildman–Crippen LogP) is 1.39. The Morgan fingerprint density at radius 1 is 1.54 bits per heavy atom. The van der Waals surface area contributed by atoms with Crippen molar-refractivity contribution in [3.05, 3.63) is 0 Å². The minimum absolute atomic E-state index is 0.0692. The van der Waals surface area contributed by atoms with Gasteiger partial charge in [-0.15, -0.1) is 10.7 Å². The van der Waals surface area contributed by atoms with E-state index in [1.54, 1.807) is 0 Å². The molecule has 0 bridgehead atoms.